The van der Waals surface area contributed by atoms with Crippen molar-refractivity contribution in [3.63, 3.8) is 0 Å². The minimum absolute atomic E-state index is 0.529. The zero-order valence-corrected chi connectivity index (χ0v) is 19.2. The van der Waals surface area contributed by atoms with E-state index in [1.54, 1.807) is 0 Å². The molecule has 0 radical (unpaired) electrons. The summed E-state index contributed by atoms with van der Waals surface area (Å²) >= 11 is 0. The van der Waals surface area contributed by atoms with E-state index in [0.717, 1.165) is 18.1 Å². The molecule has 1 heterocycles. The van der Waals surface area contributed by atoms with E-state index in [2.05, 4.69) is 95.5 Å². The molecule has 154 valence electrons. The van der Waals surface area contributed by atoms with Crippen LogP contribution in [0.5, 0.6) is 0 Å². The molecule has 0 fully saturated rings. The first-order chi connectivity index (χ1) is 13.9. The lowest BCUT2D eigenvalue weighted by atomic mass is 9.83. The highest BCUT2D eigenvalue weighted by molar-refractivity contribution is 5.67. The second-order valence-corrected chi connectivity index (χ2v) is 8.53. The Kier molecular flexibility index (Phi) is 6.62. The standard InChI is InChI=1S/C27H36N2/c1-8-23(24-13-11-10-12-14-24)15-18(3)25-16-19(4)26(20(5)17-25)27-28-21(6)22(7)29(27)9-2/h10-14,16-18,23H,8-9,15H2,1-7H3. The molecule has 0 saturated heterocycles. The third kappa shape index (κ3) is 4.32. The highest BCUT2D eigenvalue weighted by Crippen LogP contribution is 2.36. The molecule has 2 atom stereocenters. The van der Waals surface area contributed by atoms with Gasteiger partial charge in [0.05, 0.1) is 5.69 Å². The molecule has 2 nitrogen and oxygen atoms in total. The van der Waals surface area contributed by atoms with Crippen LogP contribution in [0.25, 0.3) is 11.4 Å². The molecule has 29 heavy (non-hydrogen) atoms. The van der Waals surface area contributed by atoms with Crippen molar-refractivity contribution in [2.45, 2.75) is 79.7 Å². The number of hydrogen-bond donors (Lipinski definition) is 0. The number of nitrogens with zero attached hydrogens (tertiary/aromatic N) is 2. The molecular weight excluding hydrogens is 352 g/mol. The van der Waals surface area contributed by atoms with Gasteiger partial charge in [-0.15, -0.1) is 0 Å². The first kappa shape index (κ1) is 21.4. The van der Waals surface area contributed by atoms with Crippen LogP contribution >= 0.6 is 0 Å². The van der Waals surface area contributed by atoms with Gasteiger partial charge in [-0.3, -0.25) is 0 Å². The Balaban J connectivity index is 1.92. The third-order valence-corrected chi connectivity index (χ3v) is 6.52. The molecule has 0 N–H and O–H groups in total. The van der Waals surface area contributed by atoms with E-state index in [1.807, 2.05) is 0 Å². The summed E-state index contributed by atoms with van der Waals surface area (Å²) in [7, 11) is 0. The summed E-state index contributed by atoms with van der Waals surface area (Å²) < 4.78 is 2.34. The van der Waals surface area contributed by atoms with E-state index in [0.29, 0.717) is 11.8 Å². The SMILES string of the molecule is CCC(CC(C)c1cc(C)c(-c2nc(C)c(C)n2CC)c(C)c1)c1ccccc1. The maximum atomic E-state index is 4.91. The Morgan fingerprint density at radius 1 is 0.897 bits per heavy atom. The van der Waals surface area contributed by atoms with Gasteiger partial charge < -0.3 is 4.57 Å². The Morgan fingerprint density at radius 3 is 2.07 bits per heavy atom. The van der Waals surface area contributed by atoms with Crippen molar-refractivity contribution in [2.24, 2.45) is 0 Å². The first-order valence-electron chi connectivity index (χ1n) is 11.1. The molecule has 0 saturated carbocycles. The average molecular weight is 389 g/mol. The molecule has 3 aromatic rings. The van der Waals surface area contributed by atoms with Crippen LogP contribution < -0.4 is 0 Å². The fourth-order valence-corrected chi connectivity index (χ4v) is 4.69. The van der Waals surface area contributed by atoms with Crippen molar-refractivity contribution in [3.8, 4) is 11.4 Å². The monoisotopic (exact) mass is 388 g/mol. The molecule has 3 rings (SSSR count). The van der Waals surface area contributed by atoms with Crippen molar-refractivity contribution < 1.29 is 0 Å². The van der Waals surface area contributed by atoms with Gasteiger partial charge in [0.15, 0.2) is 0 Å². The summed E-state index contributed by atoms with van der Waals surface area (Å²) in [5.41, 5.74) is 9.27. The van der Waals surface area contributed by atoms with Gasteiger partial charge in [-0.25, -0.2) is 4.98 Å². The number of aryl methyl sites for hydroxylation is 3. The number of imidazole rings is 1. The smallest absolute Gasteiger partial charge is 0.140 e. The molecular formula is C27H36N2. The summed E-state index contributed by atoms with van der Waals surface area (Å²) in [6.45, 7) is 16.6. The van der Waals surface area contributed by atoms with Gasteiger partial charge in [0.2, 0.25) is 0 Å². The Hall–Kier alpha value is -2.35. The molecule has 2 heteroatoms. The minimum atomic E-state index is 0.529. The van der Waals surface area contributed by atoms with Crippen molar-refractivity contribution >= 4 is 0 Å². The van der Waals surface area contributed by atoms with Gasteiger partial charge >= 0.3 is 0 Å². The van der Waals surface area contributed by atoms with Crippen molar-refractivity contribution in [1.82, 2.24) is 9.55 Å². The zero-order valence-electron chi connectivity index (χ0n) is 19.2. The fraction of sp³-hybridized carbons (Fsp3) is 0.444. The third-order valence-electron chi connectivity index (χ3n) is 6.52. The van der Waals surface area contributed by atoms with E-state index in [-0.39, 0.29) is 0 Å². The lowest BCUT2D eigenvalue weighted by Gasteiger charge is -2.22. The van der Waals surface area contributed by atoms with Gasteiger partial charge in [0.25, 0.3) is 0 Å². The molecule has 1 aromatic heterocycles. The van der Waals surface area contributed by atoms with Crippen molar-refractivity contribution in [2.75, 3.05) is 0 Å². The number of hydrogen-bond acceptors (Lipinski definition) is 1. The second kappa shape index (κ2) is 8.98. The summed E-state index contributed by atoms with van der Waals surface area (Å²) in [4.78, 5) is 4.91. The minimum Gasteiger partial charge on any atom is -0.328 e. The summed E-state index contributed by atoms with van der Waals surface area (Å²) in [5.74, 6) is 2.25. The van der Waals surface area contributed by atoms with Crippen LogP contribution in [0.1, 0.15) is 79.1 Å². The van der Waals surface area contributed by atoms with Crippen LogP contribution in [0.2, 0.25) is 0 Å². The normalized spacial score (nSPS) is 13.5. The van der Waals surface area contributed by atoms with Crippen molar-refractivity contribution in [1.29, 1.82) is 0 Å². The van der Waals surface area contributed by atoms with Crippen LogP contribution in [0.4, 0.5) is 0 Å². The second-order valence-electron chi connectivity index (χ2n) is 8.53. The van der Waals surface area contributed by atoms with Crippen LogP contribution in [-0.2, 0) is 6.54 Å². The van der Waals surface area contributed by atoms with E-state index in [1.165, 1.54) is 46.4 Å². The van der Waals surface area contributed by atoms with Gasteiger partial charge in [0, 0.05) is 17.8 Å². The molecule has 2 unspecified atom stereocenters. The van der Waals surface area contributed by atoms with Gasteiger partial charge in [-0.1, -0.05) is 56.3 Å². The fourth-order valence-electron chi connectivity index (χ4n) is 4.69. The Bertz CT molecular complexity index is 943. The predicted octanol–water partition coefficient (Wildman–Crippen LogP) is 7.49. The van der Waals surface area contributed by atoms with Crippen LogP contribution in [0.3, 0.4) is 0 Å². The van der Waals surface area contributed by atoms with E-state index >= 15 is 0 Å². The number of benzene rings is 2. The van der Waals surface area contributed by atoms with Crippen molar-refractivity contribution in [3.05, 3.63) is 76.1 Å². The molecule has 0 aliphatic rings. The largest absolute Gasteiger partial charge is 0.328 e. The maximum Gasteiger partial charge on any atom is 0.140 e. The molecule has 0 bridgehead atoms. The van der Waals surface area contributed by atoms with Gasteiger partial charge in [-0.05, 0) is 81.5 Å². The summed E-state index contributed by atoms with van der Waals surface area (Å²) in [5, 5.41) is 0. The van der Waals surface area contributed by atoms with E-state index in [4.69, 9.17) is 4.98 Å². The topological polar surface area (TPSA) is 17.8 Å². The number of rotatable bonds is 7. The molecule has 0 spiro atoms. The van der Waals surface area contributed by atoms with Crippen LogP contribution in [-0.4, -0.2) is 9.55 Å². The average Bonchev–Trinajstić information content (AvgIpc) is 2.99. The zero-order chi connectivity index (χ0) is 21.1. The molecule has 0 amide bonds. The van der Waals surface area contributed by atoms with E-state index in [9.17, 15) is 0 Å². The van der Waals surface area contributed by atoms with Gasteiger partial charge in [0.1, 0.15) is 5.82 Å². The lowest BCUT2D eigenvalue weighted by Crippen LogP contribution is -2.06. The predicted molar refractivity (Wildman–Crippen MR) is 125 cm³/mol. The van der Waals surface area contributed by atoms with Gasteiger partial charge in [-0.2, -0.15) is 0 Å². The maximum absolute atomic E-state index is 4.91. The Labute approximate surface area is 177 Å². The quantitative estimate of drug-likeness (QED) is 0.410. The number of aromatic nitrogens is 2. The Morgan fingerprint density at radius 2 is 1.52 bits per heavy atom. The molecule has 2 aromatic carbocycles. The highest BCUT2D eigenvalue weighted by atomic mass is 15.1. The van der Waals surface area contributed by atoms with E-state index < -0.39 is 0 Å². The van der Waals surface area contributed by atoms with Crippen LogP contribution in [0, 0.1) is 27.7 Å². The highest BCUT2D eigenvalue weighted by Gasteiger charge is 2.20. The summed E-state index contributed by atoms with van der Waals surface area (Å²) in [6.07, 6.45) is 2.36. The first-order valence-corrected chi connectivity index (χ1v) is 11.1. The molecule has 0 aliphatic heterocycles. The summed E-state index contributed by atoms with van der Waals surface area (Å²) in [6, 6.07) is 15.8. The molecule has 0 aliphatic carbocycles. The lowest BCUT2D eigenvalue weighted by molar-refractivity contribution is 0.544. The van der Waals surface area contributed by atoms with Crippen LogP contribution in [0.15, 0.2) is 42.5 Å².